The molecule has 1 N–H and O–H groups in total. The lowest BCUT2D eigenvalue weighted by Gasteiger charge is -2.34. The lowest BCUT2D eigenvalue weighted by molar-refractivity contribution is -0.140. The molecule has 4 nitrogen and oxygen atoms in total. The average molecular weight is 224 g/mol. The monoisotopic (exact) mass is 224 g/mol. The van der Waals surface area contributed by atoms with Crippen molar-refractivity contribution < 1.29 is 9.90 Å². The number of carbonyl (C=O) groups excluding carboxylic acids is 1. The number of hydrogen-bond donors (Lipinski definition) is 1. The summed E-state index contributed by atoms with van der Waals surface area (Å²) in [5.74, 6) is -0.0914. The second-order valence-electron chi connectivity index (χ2n) is 4.36. The van der Waals surface area contributed by atoms with Gasteiger partial charge in [-0.1, -0.05) is 19.3 Å². The van der Waals surface area contributed by atoms with Gasteiger partial charge in [-0.3, -0.25) is 4.79 Å². The Morgan fingerprint density at radius 3 is 2.50 bits per heavy atom. The van der Waals surface area contributed by atoms with E-state index < -0.39 is 5.41 Å². The average Bonchev–Trinajstić information content (AvgIpc) is 2.36. The first kappa shape index (κ1) is 13.0. The molecule has 4 heteroatoms. The van der Waals surface area contributed by atoms with E-state index in [1.165, 1.54) is 0 Å². The Morgan fingerprint density at radius 1 is 1.44 bits per heavy atom. The van der Waals surface area contributed by atoms with Gasteiger partial charge in [0.05, 0.1) is 12.7 Å². The zero-order chi connectivity index (χ0) is 12.0. The van der Waals surface area contributed by atoms with E-state index in [0.29, 0.717) is 25.9 Å². The highest BCUT2D eigenvalue weighted by Gasteiger charge is 2.41. The van der Waals surface area contributed by atoms with Crippen LogP contribution in [0.2, 0.25) is 0 Å². The number of rotatable bonds is 4. The number of hydrogen-bond acceptors (Lipinski definition) is 3. The van der Waals surface area contributed by atoms with Gasteiger partial charge in [0.1, 0.15) is 5.41 Å². The van der Waals surface area contributed by atoms with Crippen molar-refractivity contribution in [1.82, 2.24) is 4.90 Å². The van der Waals surface area contributed by atoms with Crippen molar-refractivity contribution in [3.8, 4) is 6.07 Å². The lowest BCUT2D eigenvalue weighted by atomic mass is 9.74. The lowest BCUT2D eigenvalue weighted by Crippen LogP contribution is -2.45. The van der Waals surface area contributed by atoms with Crippen LogP contribution < -0.4 is 0 Å². The zero-order valence-electron chi connectivity index (χ0n) is 9.91. The third-order valence-corrected chi connectivity index (χ3v) is 3.37. The fourth-order valence-corrected chi connectivity index (χ4v) is 2.36. The number of nitrogens with zero attached hydrogens (tertiary/aromatic N) is 2. The van der Waals surface area contributed by atoms with Crippen LogP contribution in [0.5, 0.6) is 0 Å². The standard InChI is InChI=1S/C12H20N2O2/c1-2-14(8-9-15)11(16)12(10-13)6-4-3-5-7-12/h15H,2-9H2,1H3. The molecule has 0 atom stereocenters. The molecule has 0 saturated heterocycles. The van der Waals surface area contributed by atoms with Crippen LogP contribution in [0.3, 0.4) is 0 Å². The highest BCUT2D eigenvalue weighted by Crippen LogP contribution is 2.37. The summed E-state index contributed by atoms with van der Waals surface area (Å²) in [5, 5.41) is 18.2. The molecule has 0 aromatic rings. The minimum Gasteiger partial charge on any atom is -0.395 e. The van der Waals surface area contributed by atoms with E-state index in [1.54, 1.807) is 4.90 Å². The summed E-state index contributed by atoms with van der Waals surface area (Å²) in [6, 6.07) is 2.22. The van der Waals surface area contributed by atoms with Crippen LogP contribution in [-0.4, -0.2) is 35.6 Å². The summed E-state index contributed by atoms with van der Waals surface area (Å²) in [7, 11) is 0. The van der Waals surface area contributed by atoms with Crippen molar-refractivity contribution in [2.75, 3.05) is 19.7 Å². The molecule has 1 aliphatic rings. The fraction of sp³-hybridized carbons (Fsp3) is 0.833. The van der Waals surface area contributed by atoms with E-state index >= 15 is 0 Å². The molecule has 0 bridgehead atoms. The molecule has 1 fully saturated rings. The maximum absolute atomic E-state index is 12.3. The Morgan fingerprint density at radius 2 is 2.06 bits per heavy atom. The van der Waals surface area contributed by atoms with E-state index in [0.717, 1.165) is 19.3 Å². The Bertz CT molecular complexity index is 277. The molecule has 1 aliphatic carbocycles. The van der Waals surface area contributed by atoms with Gasteiger partial charge in [0.25, 0.3) is 0 Å². The van der Waals surface area contributed by atoms with Crippen molar-refractivity contribution in [2.45, 2.75) is 39.0 Å². The van der Waals surface area contributed by atoms with Crippen LogP contribution in [-0.2, 0) is 4.79 Å². The second-order valence-corrected chi connectivity index (χ2v) is 4.36. The Balaban J connectivity index is 2.78. The SMILES string of the molecule is CCN(CCO)C(=O)C1(C#N)CCCCC1. The number of likely N-dealkylation sites (N-methyl/N-ethyl adjacent to an activating group) is 1. The molecule has 16 heavy (non-hydrogen) atoms. The molecule has 0 aliphatic heterocycles. The topological polar surface area (TPSA) is 64.3 Å². The van der Waals surface area contributed by atoms with Gasteiger partial charge in [-0.2, -0.15) is 5.26 Å². The van der Waals surface area contributed by atoms with Crippen LogP contribution in [0, 0.1) is 16.7 Å². The summed E-state index contributed by atoms with van der Waals surface area (Å²) < 4.78 is 0. The summed E-state index contributed by atoms with van der Waals surface area (Å²) >= 11 is 0. The smallest absolute Gasteiger partial charge is 0.243 e. The number of aliphatic hydroxyl groups excluding tert-OH is 1. The predicted octanol–water partition coefficient (Wildman–Crippen LogP) is 1.30. The molecule has 0 aromatic carbocycles. The Hall–Kier alpha value is -1.08. The number of aliphatic hydroxyl groups is 1. The van der Waals surface area contributed by atoms with Gasteiger partial charge in [-0.25, -0.2) is 0 Å². The van der Waals surface area contributed by atoms with Crippen molar-refractivity contribution in [3.05, 3.63) is 0 Å². The fourth-order valence-electron chi connectivity index (χ4n) is 2.36. The van der Waals surface area contributed by atoms with Gasteiger partial charge in [0.2, 0.25) is 5.91 Å². The van der Waals surface area contributed by atoms with Crippen LogP contribution >= 0.6 is 0 Å². The third kappa shape index (κ3) is 2.53. The molecular weight excluding hydrogens is 204 g/mol. The quantitative estimate of drug-likeness (QED) is 0.782. The molecule has 1 saturated carbocycles. The van der Waals surface area contributed by atoms with Crippen molar-refractivity contribution in [1.29, 1.82) is 5.26 Å². The van der Waals surface area contributed by atoms with Crippen molar-refractivity contribution in [3.63, 3.8) is 0 Å². The minimum atomic E-state index is -0.816. The molecule has 0 heterocycles. The zero-order valence-corrected chi connectivity index (χ0v) is 9.91. The van der Waals surface area contributed by atoms with E-state index in [4.69, 9.17) is 5.11 Å². The maximum Gasteiger partial charge on any atom is 0.243 e. The van der Waals surface area contributed by atoms with Crippen molar-refractivity contribution >= 4 is 5.91 Å². The first-order valence-corrected chi connectivity index (χ1v) is 6.01. The molecule has 0 radical (unpaired) electrons. The first-order chi connectivity index (χ1) is 7.70. The third-order valence-electron chi connectivity index (χ3n) is 3.37. The van der Waals surface area contributed by atoms with Gasteiger partial charge < -0.3 is 10.0 Å². The van der Waals surface area contributed by atoms with E-state index in [1.807, 2.05) is 6.92 Å². The maximum atomic E-state index is 12.3. The van der Waals surface area contributed by atoms with E-state index in [-0.39, 0.29) is 12.5 Å². The van der Waals surface area contributed by atoms with Gasteiger partial charge in [-0.15, -0.1) is 0 Å². The molecule has 1 amide bonds. The molecule has 0 unspecified atom stereocenters. The second kappa shape index (κ2) is 5.86. The highest BCUT2D eigenvalue weighted by molar-refractivity contribution is 5.85. The number of nitriles is 1. The summed E-state index contributed by atoms with van der Waals surface area (Å²) in [5.41, 5.74) is -0.816. The van der Waals surface area contributed by atoms with Gasteiger partial charge in [-0.05, 0) is 19.8 Å². The summed E-state index contributed by atoms with van der Waals surface area (Å²) in [4.78, 5) is 13.9. The number of carbonyl (C=O) groups is 1. The molecule has 0 aromatic heterocycles. The molecule has 1 rings (SSSR count). The van der Waals surface area contributed by atoms with E-state index in [9.17, 15) is 10.1 Å². The van der Waals surface area contributed by atoms with Crippen LogP contribution in [0.4, 0.5) is 0 Å². The van der Waals surface area contributed by atoms with Gasteiger partial charge in [0.15, 0.2) is 0 Å². The predicted molar refractivity (Wildman–Crippen MR) is 60.5 cm³/mol. The van der Waals surface area contributed by atoms with Gasteiger partial charge >= 0.3 is 0 Å². The Kier molecular flexibility index (Phi) is 4.75. The number of amides is 1. The highest BCUT2D eigenvalue weighted by atomic mass is 16.3. The first-order valence-electron chi connectivity index (χ1n) is 6.01. The molecular formula is C12H20N2O2. The van der Waals surface area contributed by atoms with Crippen LogP contribution in [0.15, 0.2) is 0 Å². The Labute approximate surface area is 96.9 Å². The van der Waals surface area contributed by atoms with Gasteiger partial charge in [0, 0.05) is 13.1 Å². The summed E-state index contributed by atoms with van der Waals surface area (Å²) in [6.45, 7) is 2.73. The minimum absolute atomic E-state index is 0.0406. The van der Waals surface area contributed by atoms with Crippen molar-refractivity contribution in [2.24, 2.45) is 5.41 Å². The molecule has 90 valence electrons. The summed E-state index contributed by atoms with van der Waals surface area (Å²) in [6.07, 6.45) is 4.36. The largest absolute Gasteiger partial charge is 0.395 e. The molecule has 0 spiro atoms. The normalized spacial score (nSPS) is 18.8. The van der Waals surface area contributed by atoms with Crippen LogP contribution in [0.25, 0.3) is 0 Å². The van der Waals surface area contributed by atoms with E-state index in [2.05, 4.69) is 6.07 Å². The van der Waals surface area contributed by atoms with Crippen LogP contribution in [0.1, 0.15) is 39.0 Å².